The minimum Gasteiger partial charge on any atom is -0.493 e. The number of ether oxygens (including phenoxy) is 2. The molecule has 148 valence electrons. The van der Waals surface area contributed by atoms with Crippen molar-refractivity contribution >= 4 is 35.0 Å². The van der Waals surface area contributed by atoms with Crippen LogP contribution in [0, 0.1) is 11.3 Å². The topological polar surface area (TPSA) is 71.3 Å². The third-order valence-corrected chi connectivity index (χ3v) is 4.83. The Balaban J connectivity index is 1.87. The van der Waals surface area contributed by atoms with E-state index < -0.39 is 5.76 Å². The molecule has 0 atom stereocenters. The van der Waals surface area contributed by atoms with Crippen LogP contribution >= 0.6 is 23.4 Å². The molecule has 1 amide bonds. The van der Waals surface area contributed by atoms with Crippen LogP contribution in [0.25, 0.3) is 0 Å². The number of carbonyl (C=O) groups is 1. The molecule has 28 heavy (non-hydrogen) atoms. The predicted octanol–water partition coefficient (Wildman–Crippen LogP) is 5.33. The Bertz CT molecular complexity index is 875. The number of nitrogens with one attached hydrogen (secondary N) is 1. The van der Waals surface area contributed by atoms with Crippen molar-refractivity contribution < 1.29 is 23.0 Å². The van der Waals surface area contributed by atoms with Gasteiger partial charge in [-0.25, -0.2) is 0 Å². The molecule has 0 fully saturated rings. The Labute approximate surface area is 170 Å². The molecule has 0 unspecified atom stereocenters. The maximum atomic E-state index is 12.7. The van der Waals surface area contributed by atoms with Gasteiger partial charge in [-0.1, -0.05) is 29.4 Å². The number of thioether (sulfide) groups is 1. The number of hydrogen-bond donors (Lipinski definition) is 1. The molecule has 2 rings (SSSR count). The van der Waals surface area contributed by atoms with Gasteiger partial charge in [0, 0.05) is 12.5 Å². The molecule has 0 heterocycles. The minimum absolute atomic E-state index is 0.129. The number of halogens is 3. The summed E-state index contributed by atoms with van der Waals surface area (Å²) in [5, 5.41) is 11.6. The van der Waals surface area contributed by atoms with Crippen molar-refractivity contribution in [2.24, 2.45) is 0 Å². The first-order chi connectivity index (χ1) is 13.4. The van der Waals surface area contributed by atoms with Crippen molar-refractivity contribution in [1.29, 1.82) is 5.26 Å². The molecular formula is C19H17ClF2N2O3S. The second-order valence-electron chi connectivity index (χ2n) is 5.47. The van der Waals surface area contributed by atoms with Crippen molar-refractivity contribution in [2.45, 2.75) is 23.5 Å². The highest BCUT2D eigenvalue weighted by Crippen LogP contribution is 2.37. The van der Waals surface area contributed by atoms with Crippen LogP contribution in [0.15, 0.2) is 41.3 Å². The molecule has 0 saturated carbocycles. The first-order valence-electron chi connectivity index (χ1n) is 8.18. The molecular weight excluding hydrogens is 410 g/mol. The maximum Gasteiger partial charge on any atom is 0.289 e. The summed E-state index contributed by atoms with van der Waals surface area (Å²) in [5.74, 6) is -2.09. The van der Waals surface area contributed by atoms with Gasteiger partial charge in [0.25, 0.3) is 5.76 Å². The highest BCUT2D eigenvalue weighted by atomic mass is 35.5. The van der Waals surface area contributed by atoms with E-state index in [2.05, 4.69) is 5.32 Å². The van der Waals surface area contributed by atoms with Gasteiger partial charge in [-0.05, 0) is 30.7 Å². The number of rotatable bonds is 9. The van der Waals surface area contributed by atoms with Crippen molar-refractivity contribution in [3.05, 3.63) is 47.0 Å². The van der Waals surface area contributed by atoms with Crippen LogP contribution in [0.3, 0.4) is 0 Å². The van der Waals surface area contributed by atoms with Crippen molar-refractivity contribution in [3.63, 3.8) is 0 Å². The van der Waals surface area contributed by atoms with E-state index in [4.69, 9.17) is 26.3 Å². The lowest BCUT2D eigenvalue weighted by Crippen LogP contribution is -2.13. The number of hydrogen-bond acceptors (Lipinski definition) is 5. The Morgan fingerprint density at radius 3 is 2.79 bits per heavy atom. The second-order valence-corrected chi connectivity index (χ2v) is 6.88. The maximum absolute atomic E-state index is 12.7. The highest BCUT2D eigenvalue weighted by molar-refractivity contribution is 7.99. The lowest BCUT2D eigenvalue weighted by atomic mass is 10.2. The van der Waals surface area contributed by atoms with Gasteiger partial charge in [-0.2, -0.15) is 14.0 Å². The zero-order chi connectivity index (χ0) is 20.5. The van der Waals surface area contributed by atoms with Crippen LogP contribution in [-0.4, -0.2) is 25.4 Å². The van der Waals surface area contributed by atoms with E-state index in [1.54, 1.807) is 24.3 Å². The van der Waals surface area contributed by atoms with E-state index in [1.807, 2.05) is 6.07 Å². The molecule has 0 aliphatic heterocycles. The molecule has 2 aromatic carbocycles. The number of methoxy groups -OCH3 is 1. The van der Waals surface area contributed by atoms with Crippen molar-refractivity contribution in [1.82, 2.24) is 0 Å². The van der Waals surface area contributed by atoms with Crippen LogP contribution in [0.4, 0.5) is 14.5 Å². The third kappa shape index (κ3) is 6.29. The average molecular weight is 427 g/mol. The van der Waals surface area contributed by atoms with Gasteiger partial charge >= 0.3 is 0 Å². The van der Waals surface area contributed by atoms with Crippen molar-refractivity contribution in [2.75, 3.05) is 19.0 Å². The molecule has 0 spiro atoms. The zero-order valence-electron chi connectivity index (χ0n) is 14.9. The van der Waals surface area contributed by atoms with Gasteiger partial charge in [0.05, 0.1) is 41.0 Å². The Kier molecular flexibility index (Phi) is 8.36. The average Bonchev–Trinajstić information content (AvgIpc) is 2.67. The first-order valence-corrected chi connectivity index (χ1v) is 9.44. The fourth-order valence-electron chi connectivity index (χ4n) is 2.30. The number of alkyl halides is 2. The number of anilines is 1. The van der Waals surface area contributed by atoms with Crippen LogP contribution in [-0.2, 0) is 4.79 Å². The van der Waals surface area contributed by atoms with E-state index in [0.717, 1.165) is 0 Å². The summed E-state index contributed by atoms with van der Waals surface area (Å²) >= 11 is 6.23. The van der Waals surface area contributed by atoms with E-state index in [0.29, 0.717) is 23.5 Å². The number of benzene rings is 2. The second kappa shape index (κ2) is 10.7. The summed E-state index contributed by atoms with van der Waals surface area (Å²) in [5.41, 5.74) is 0.694. The summed E-state index contributed by atoms with van der Waals surface area (Å²) in [6.45, 7) is 0.240. The molecule has 1 N–H and O–H groups in total. The standard InChI is InChI=1S/C19H17ClF2N2O3S/c1-26-16-10-12(11-23)7-8-15(16)27-9-3-6-17(25)24-14-5-2-4-13(20)18(14)28-19(21)22/h2,4-5,7-8,10,19H,3,6,9H2,1H3,(H,24,25). The minimum atomic E-state index is -2.65. The Hall–Kier alpha value is -2.50. The number of nitriles is 1. The Morgan fingerprint density at radius 1 is 1.32 bits per heavy atom. The largest absolute Gasteiger partial charge is 0.493 e. The fourth-order valence-corrected chi connectivity index (χ4v) is 3.21. The third-order valence-electron chi connectivity index (χ3n) is 3.55. The quantitative estimate of drug-likeness (QED) is 0.433. The van der Waals surface area contributed by atoms with Gasteiger partial charge in [-0.3, -0.25) is 4.79 Å². The van der Waals surface area contributed by atoms with Gasteiger partial charge in [0.1, 0.15) is 0 Å². The number of nitrogens with zero attached hydrogens (tertiary/aromatic N) is 1. The van der Waals surface area contributed by atoms with Gasteiger partial charge in [-0.15, -0.1) is 0 Å². The molecule has 0 aliphatic carbocycles. The van der Waals surface area contributed by atoms with Gasteiger partial charge in [0.2, 0.25) is 5.91 Å². The predicted molar refractivity (Wildman–Crippen MR) is 104 cm³/mol. The van der Waals surface area contributed by atoms with Gasteiger partial charge in [0.15, 0.2) is 11.5 Å². The Morgan fingerprint density at radius 2 is 2.11 bits per heavy atom. The summed E-state index contributed by atoms with van der Waals surface area (Å²) in [7, 11) is 1.47. The van der Waals surface area contributed by atoms with E-state index >= 15 is 0 Å². The van der Waals surface area contributed by atoms with Crippen LogP contribution < -0.4 is 14.8 Å². The molecule has 0 aliphatic rings. The van der Waals surface area contributed by atoms with E-state index in [1.165, 1.54) is 19.2 Å². The molecule has 0 bridgehead atoms. The zero-order valence-corrected chi connectivity index (χ0v) is 16.4. The molecule has 5 nitrogen and oxygen atoms in total. The molecule has 2 aromatic rings. The summed E-state index contributed by atoms with van der Waals surface area (Å²) in [6, 6.07) is 11.4. The normalized spacial score (nSPS) is 10.4. The van der Waals surface area contributed by atoms with E-state index in [9.17, 15) is 13.6 Å². The monoisotopic (exact) mass is 426 g/mol. The lowest BCUT2D eigenvalue weighted by Gasteiger charge is -2.13. The molecule has 0 radical (unpaired) electrons. The summed E-state index contributed by atoms with van der Waals surface area (Å²) in [4.78, 5) is 12.2. The van der Waals surface area contributed by atoms with Gasteiger partial charge < -0.3 is 14.8 Å². The summed E-state index contributed by atoms with van der Waals surface area (Å²) in [6.07, 6.45) is 0.525. The fraction of sp³-hybridized carbons (Fsp3) is 0.263. The molecule has 0 saturated heterocycles. The first kappa shape index (κ1) is 21.8. The highest BCUT2D eigenvalue weighted by Gasteiger charge is 2.15. The van der Waals surface area contributed by atoms with Crippen LogP contribution in [0.1, 0.15) is 18.4 Å². The van der Waals surface area contributed by atoms with Crippen LogP contribution in [0.5, 0.6) is 11.5 Å². The SMILES string of the molecule is COc1cc(C#N)ccc1OCCCC(=O)Nc1cccc(Cl)c1SC(F)F. The molecule has 9 heteroatoms. The van der Waals surface area contributed by atoms with Crippen LogP contribution in [0.2, 0.25) is 5.02 Å². The number of carbonyl (C=O) groups excluding carboxylic acids is 1. The molecule has 0 aromatic heterocycles. The smallest absolute Gasteiger partial charge is 0.289 e. The van der Waals surface area contributed by atoms with E-state index in [-0.39, 0.29) is 46.3 Å². The van der Waals surface area contributed by atoms with Crippen molar-refractivity contribution in [3.8, 4) is 17.6 Å². The summed E-state index contributed by atoms with van der Waals surface area (Å²) < 4.78 is 36.1. The lowest BCUT2D eigenvalue weighted by molar-refractivity contribution is -0.116. The number of amides is 1.